The summed E-state index contributed by atoms with van der Waals surface area (Å²) in [5, 5.41) is 0. The number of hydrogen-bond donors (Lipinski definition) is 0. The SMILES string of the molecule is O=CC1=CCC(C=O)=C1. The molecule has 0 radical (unpaired) electrons. The first-order valence-corrected chi connectivity index (χ1v) is 2.68. The van der Waals surface area contributed by atoms with E-state index in [1.807, 2.05) is 0 Å². The molecule has 1 aliphatic rings. The van der Waals surface area contributed by atoms with E-state index in [4.69, 9.17) is 0 Å². The van der Waals surface area contributed by atoms with Gasteiger partial charge >= 0.3 is 0 Å². The molecular formula is C7H6O2. The van der Waals surface area contributed by atoms with Crippen molar-refractivity contribution in [2.24, 2.45) is 0 Å². The summed E-state index contributed by atoms with van der Waals surface area (Å²) < 4.78 is 0. The van der Waals surface area contributed by atoms with E-state index in [2.05, 4.69) is 0 Å². The van der Waals surface area contributed by atoms with Gasteiger partial charge in [0, 0.05) is 5.57 Å². The molecule has 0 spiro atoms. The first kappa shape index (κ1) is 5.95. The Morgan fingerprint density at radius 3 is 2.44 bits per heavy atom. The van der Waals surface area contributed by atoms with Crippen LogP contribution in [0.4, 0.5) is 0 Å². The number of aldehydes is 2. The molecule has 0 fully saturated rings. The maximum Gasteiger partial charge on any atom is 0.149 e. The predicted molar refractivity (Wildman–Crippen MR) is 32.9 cm³/mol. The van der Waals surface area contributed by atoms with Crippen LogP contribution in [-0.4, -0.2) is 12.6 Å². The van der Waals surface area contributed by atoms with Gasteiger partial charge in [0.15, 0.2) is 0 Å². The van der Waals surface area contributed by atoms with E-state index < -0.39 is 0 Å². The number of hydrogen-bond acceptors (Lipinski definition) is 2. The second kappa shape index (κ2) is 2.40. The molecule has 0 N–H and O–H groups in total. The Bertz CT molecular complexity index is 199. The first-order chi connectivity index (χ1) is 4.36. The fourth-order valence-corrected chi connectivity index (χ4v) is 0.732. The second-order valence-electron chi connectivity index (χ2n) is 1.86. The van der Waals surface area contributed by atoms with Gasteiger partial charge < -0.3 is 0 Å². The molecule has 2 nitrogen and oxygen atoms in total. The van der Waals surface area contributed by atoms with Gasteiger partial charge in [-0.1, -0.05) is 6.08 Å². The van der Waals surface area contributed by atoms with Crippen LogP contribution in [0.1, 0.15) is 6.42 Å². The van der Waals surface area contributed by atoms with Crippen molar-refractivity contribution in [2.75, 3.05) is 0 Å². The molecule has 0 amide bonds. The summed E-state index contributed by atoms with van der Waals surface area (Å²) in [5.74, 6) is 0. The summed E-state index contributed by atoms with van der Waals surface area (Å²) in [6, 6.07) is 0. The molecule has 0 unspecified atom stereocenters. The van der Waals surface area contributed by atoms with Crippen molar-refractivity contribution < 1.29 is 9.59 Å². The van der Waals surface area contributed by atoms with Crippen molar-refractivity contribution in [1.29, 1.82) is 0 Å². The van der Waals surface area contributed by atoms with Gasteiger partial charge in [-0.25, -0.2) is 0 Å². The third-order valence-electron chi connectivity index (χ3n) is 1.21. The van der Waals surface area contributed by atoms with Gasteiger partial charge in [-0.2, -0.15) is 0 Å². The van der Waals surface area contributed by atoms with Crippen molar-refractivity contribution in [3.05, 3.63) is 23.3 Å². The highest BCUT2D eigenvalue weighted by Gasteiger charge is 2.02. The lowest BCUT2D eigenvalue weighted by Gasteiger charge is -1.78. The maximum atomic E-state index is 10.1. The Morgan fingerprint density at radius 1 is 1.33 bits per heavy atom. The fraction of sp³-hybridized carbons (Fsp3) is 0.143. The van der Waals surface area contributed by atoms with E-state index in [1.165, 1.54) is 0 Å². The molecule has 0 aromatic carbocycles. The lowest BCUT2D eigenvalue weighted by molar-refractivity contribution is -0.105. The molecule has 46 valence electrons. The molecule has 1 rings (SSSR count). The van der Waals surface area contributed by atoms with Gasteiger partial charge in [0.05, 0.1) is 0 Å². The van der Waals surface area contributed by atoms with Crippen LogP contribution < -0.4 is 0 Å². The Morgan fingerprint density at radius 2 is 2.11 bits per heavy atom. The average Bonchev–Trinajstić information content (AvgIpc) is 2.34. The Hall–Kier alpha value is -1.18. The van der Waals surface area contributed by atoms with Crippen LogP contribution in [0.3, 0.4) is 0 Å². The minimum atomic E-state index is 0.608. The molecular weight excluding hydrogens is 116 g/mol. The molecule has 0 saturated carbocycles. The van der Waals surface area contributed by atoms with Crippen LogP contribution in [0.2, 0.25) is 0 Å². The van der Waals surface area contributed by atoms with E-state index in [9.17, 15) is 9.59 Å². The largest absolute Gasteiger partial charge is 0.298 e. The third-order valence-corrected chi connectivity index (χ3v) is 1.21. The first-order valence-electron chi connectivity index (χ1n) is 2.68. The van der Waals surface area contributed by atoms with Crippen LogP contribution in [0, 0.1) is 0 Å². The molecule has 0 heterocycles. The van der Waals surface area contributed by atoms with E-state index in [0.29, 0.717) is 17.6 Å². The van der Waals surface area contributed by atoms with E-state index in [0.717, 1.165) is 12.6 Å². The normalized spacial score (nSPS) is 16.4. The highest BCUT2D eigenvalue weighted by atomic mass is 16.1. The second-order valence-corrected chi connectivity index (χ2v) is 1.86. The van der Waals surface area contributed by atoms with Gasteiger partial charge in [0.1, 0.15) is 12.6 Å². The molecule has 0 aromatic heterocycles. The van der Waals surface area contributed by atoms with Gasteiger partial charge in [-0.15, -0.1) is 0 Å². The van der Waals surface area contributed by atoms with Gasteiger partial charge in [-0.3, -0.25) is 9.59 Å². The number of rotatable bonds is 2. The molecule has 2 heteroatoms. The number of allylic oxidation sites excluding steroid dienone is 4. The maximum absolute atomic E-state index is 10.1. The zero-order valence-corrected chi connectivity index (χ0v) is 4.83. The lowest BCUT2D eigenvalue weighted by Crippen LogP contribution is -1.75. The van der Waals surface area contributed by atoms with Crippen LogP contribution in [-0.2, 0) is 9.59 Å². The Balaban J connectivity index is 2.73. The summed E-state index contributed by atoms with van der Waals surface area (Å²) >= 11 is 0. The third kappa shape index (κ3) is 1.13. The van der Waals surface area contributed by atoms with Crippen LogP contribution in [0.5, 0.6) is 0 Å². The average molecular weight is 122 g/mol. The molecule has 0 atom stereocenters. The molecule has 0 bridgehead atoms. The highest BCUT2D eigenvalue weighted by molar-refractivity contribution is 5.86. The standard InChI is InChI=1S/C7H6O2/c8-4-6-1-2-7(3-6)5-9/h1,3-5H,2H2. The summed E-state index contributed by atoms with van der Waals surface area (Å²) in [7, 11) is 0. The summed E-state index contributed by atoms with van der Waals surface area (Å²) in [6.07, 6.45) is 5.46. The van der Waals surface area contributed by atoms with Gasteiger partial charge in [-0.05, 0) is 18.1 Å². The Labute approximate surface area is 52.9 Å². The topological polar surface area (TPSA) is 34.1 Å². The molecule has 9 heavy (non-hydrogen) atoms. The van der Waals surface area contributed by atoms with Crippen molar-refractivity contribution >= 4 is 12.6 Å². The predicted octanol–water partition coefficient (Wildman–Crippen LogP) is 0.641. The van der Waals surface area contributed by atoms with Crippen molar-refractivity contribution in [3.8, 4) is 0 Å². The number of carbonyl (C=O) groups excluding carboxylic acids is 2. The van der Waals surface area contributed by atoms with Crippen molar-refractivity contribution in [2.45, 2.75) is 6.42 Å². The van der Waals surface area contributed by atoms with Crippen LogP contribution in [0.15, 0.2) is 23.3 Å². The highest BCUT2D eigenvalue weighted by Crippen LogP contribution is 2.12. The summed E-state index contributed by atoms with van der Waals surface area (Å²) in [4.78, 5) is 20.1. The van der Waals surface area contributed by atoms with Crippen molar-refractivity contribution in [1.82, 2.24) is 0 Å². The van der Waals surface area contributed by atoms with Crippen LogP contribution >= 0.6 is 0 Å². The molecule has 0 aliphatic heterocycles. The monoisotopic (exact) mass is 122 g/mol. The lowest BCUT2D eigenvalue weighted by atomic mass is 10.3. The van der Waals surface area contributed by atoms with Gasteiger partial charge in [0.25, 0.3) is 0 Å². The van der Waals surface area contributed by atoms with E-state index in [-0.39, 0.29) is 0 Å². The zero-order chi connectivity index (χ0) is 6.69. The molecule has 0 saturated heterocycles. The summed E-state index contributed by atoms with van der Waals surface area (Å²) in [5.41, 5.74) is 1.29. The smallest absolute Gasteiger partial charge is 0.149 e. The minimum Gasteiger partial charge on any atom is -0.298 e. The number of carbonyl (C=O) groups is 2. The zero-order valence-electron chi connectivity index (χ0n) is 4.83. The van der Waals surface area contributed by atoms with E-state index in [1.54, 1.807) is 12.2 Å². The Kier molecular flexibility index (Phi) is 1.58. The van der Waals surface area contributed by atoms with Crippen molar-refractivity contribution in [3.63, 3.8) is 0 Å². The fourth-order valence-electron chi connectivity index (χ4n) is 0.732. The quantitative estimate of drug-likeness (QED) is 0.504. The minimum absolute atomic E-state index is 0.608. The van der Waals surface area contributed by atoms with Gasteiger partial charge in [0.2, 0.25) is 0 Å². The van der Waals surface area contributed by atoms with E-state index >= 15 is 0 Å². The summed E-state index contributed by atoms with van der Waals surface area (Å²) in [6.45, 7) is 0. The molecule has 1 aliphatic carbocycles. The molecule has 0 aromatic rings. The van der Waals surface area contributed by atoms with Crippen LogP contribution in [0.25, 0.3) is 0 Å².